The smallest absolute Gasteiger partial charge is 0.325 e. The summed E-state index contributed by atoms with van der Waals surface area (Å²) < 4.78 is 5.53. The van der Waals surface area contributed by atoms with E-state index in [1.54, 1.807) is 0 Å². The largest absolute Gasteiger partial charge is 0.402 e. The molecular weight excluding hydrogens is 280 g/mol. The number of anilines is 1. The van der Waals surface area contributed by atoms with Crippen LogP contribution in [-0.2, 0) is 9.59 Å². The average Bonchev–Trinajstić information content (AvgIpc) is 3.07. The standard InChI is InChI=1S/C12H12N4O3S/c1-6-2-3-20-9(6)11-14-15-12(19-11)16-5-7(10(13)18)4-8(16)17/h2-3,7H,4-5H2,1H3,(H2,13,18). The monoisotopic (exact) mass is 292 g/mol. The number of thiophene rings is 1. The summed E-state index contributed by atoms with van der Waals surface area (Å²) in [4.78, 5) is 25.2. The predicted molar refractivity (Wildman–Crippen MR) is 72.0 cm³/mol. The lowest BCUT2D eigenvalue weighted by Gasteiger charge is -2.09. The summed E-state index contributed by atoms with van der Waals surface area (Å²) in [5.74, 6) is -0.842. The number of carbonyl (C=O) groups is 2. The van der Waals surface area contributed by atoms with Gasteiger partial charge in [0.2, 0.25) is 11.8 Å². The first-order chi connectivity index (χ1) is 9.56. The van der Waals surface area contributed by atoms with Gasteiger partial charge in [-0.1, -0.05) is 5.10 Å². The molecule has 0 saturated carbocycles. The molecule has 0 spiro atoms. The Hall–Kier alpha value is -2.22. The van der Waals surface area contributed by atoms with Crippen molar-refractivity contribution in [3.8, 4) is 10.8 Å². The molecule has 8 heteroatoms. The Kier molecular flexibility index (Phi) is 3.01. The third kappa shape index (κ3) is 2.07. The Morgan fingerprint density at radius 2 is 2.35 bits per heavy atom. The highest BCUT2D eigenvalue weighted by atomic mass is 32.1. The van der Waals surface area contributed by atoms with Crippen LogP contribution in [0.25, 0.3) is 10.8 Å². The first kappa shape index (κ1) is 12.8. The minimum absolute atomic E-state index is 0.0884. The molecule has 2 aromatic rings. The van der Waals surface area contributed by atoms with Gasteiger partial charge in [-0.3, -0.25) is 14.5 Å². The van der Waals surface area contributed by atoms with Crippen LogP contribution in [-0.4, -0.2) is 28.6 Å². The van der Waals surface area contributed by atoms with Crippen molar-refractivity contribution in [2.45, 2.75) is 13.3 Å². The van der Waals surface area contributed by atoms with E-state index < -0.39 is 11.8 Å². The molecule has 1 aliphatic rings. The lowest BCUT2D eigenvalue weighted by Crippen LogP contribution is -2.28. The van der Waals surface area contributed by atoms with Gasteiger partial charge in [0.25, 0.3) is 5.89 Å². The fourth-order valence-corrected chi connectivity index (χ4v) is 2.94. The van der Waals surface area contributed by atoms with Crippen molar-refractivity contribution in [3.05, 3.63) is 17.0 Å². The lowest BCUT2D eigenvalue weighted by atomic mass is 10.1. The third-order valence-corrected chi connectivity index (χ3v) is 4.23. The molecule has 20 heavy (non-hydrogen) atoms. The van der Waals surface area contributed by atoms with Crippen molar-refractivity contribution in [1.82, 2.24) is 10.2 Å². The maximum absolute atomic E-state index is 11.8. The van der Waals surface area contributed by atoms with Gasteiger partial charge in [0.1, 0.15) is 0 Å². The second kappa shape index (κ2) is 4.71. The summed E-state index contributed by atoms with van der Waals surface area (Å²) >= 11 is 1.49. The SMILES string of the molecule is Cc1ccsc1-c1nnc(N2CC(C(N)=O)CC2=O)o1. The Labute approximate surface area is 118 Å². The molecule has 2 N–H and O–H groups in total. The van der Waals surface area contributed by atoms with Gasteiger partial charge < -0.3 is 10.2 Å². The zero-order chi connectivity index (χ0) is 14.3. The van der Waals surface area contributed by atoms with Crippen LogP contribution < -0.4 is 10.6 Å². The van der Waals surface area contributed by atoms with Gasteiger partial charge >= 0.3 is 6.01 Å². The van der Waals surface area contributed by atoms with E-state index in [1.807, 2.05) is 18.4 Å². The van der Waals surface area contributed by atoms with Crippen LogP contribution in [0.1, 0.15) is 12.0 Å². The van der Waals surface area contributed by atoms with Crippen molar-refractivity contribution >= 4 is 29.2 Å². The van der Waals surface area contributed by atoms with E-state index in [2.05, 4.69) is 10.2 Å². The van der Waals surface area contributed by atoms with Crippen molar-refractivity contribution in [2.75, 3.05) is 11.4 Å². The molecule has 3 heterocycles. The number of nitrogens with two attached hydrogens (primary N) is 1. The van der Waals surface area contributed by atoms with Crippen molar-refractivity contribution in [1.29, 1.82) is 0 Å². The van der Waals surface area contributed by atoms with E-state index >= 15 is 0 Å². The topological polar surface area (TPSA) is 102 Å². The van der Waals surface area contributed by atoms with E-state index in [-0.39, 0.29) is 24.9 Å². The third-order valence-electron chi connectivity index (χ3n) is 3.23. The highest BCUT2D eigenvalue weighted by Crippen LogP contribution is 2.31. The summed E-state index contributed by atoms with van der Waals surface area (Å²) in [5, 5.41) is 9.76. The van der Waals surface area contributed by atoms with Gasteiger partial charge in [-0.15, -0.1) is 16.4 Å². The Morgan fingerprint density at radius 1 is 1.55 bits per heavy atom. The maximum atomic E-state index is 11.8. The normalized spacial score (nSPS) is 18.8. The number of rotatable bonds is 3. The van der Waals surface area contributed by atoms with Gasteiger partial charge in [-0.2, -0.15) is 0 Å². The summed E-state index contributed by atoms with van der Waals surface area (Å²) in [6, 6.07) is 2.06. The van der Waals surface area contributed by atoms with Gasteiger partial charge in [-0.05, 0) is 23.9 Å². The van der Waals surface area contributed by atoms with Crippen LogP contribution in [0.3, 0.4) is 0 Å². The highest BCUT2D eigenvalue weighted by molar-refractivity contribution is 7.13. The van der Waals surface area contributed by atoms with Gasteiger partial charge in [0.05, 0.1) is 10.8 Å². The molecule has 1 aliphatic heterocycles. The van der Waals surface area contributed by atoms with Crippen molar-refractivity contribution < 1.29 is 14.0 Å². The van der Waals surface area contributed by atoms with E-state index in [9.17, 15) is 9.59 Å². The number of amides is 2. The summed E-state index contributed by atoms with van der Waals surface area (Å²) in [7, 11) is 0. The molecule has 1 atom stereocenters. The number of hydrogen-bond donors (Lipinski definition) is 1. The molecule has 7 nitrogen and oxygen atoms in total. The lowest BCUT2D eigenvalue weighted by molar-refractivity contribution is -0.123. The molecule has 1 fully saturated rings. The number of carbonyl (C=O) groups excluding carboxylic acids is 2. The van der Waals surface area contributed by atoms with E-state index in [0.29, 0.717) is 5.89 Å². The summed E-state index contributed by atoms with van der Waals surface area (Å²) in [5.41, 5.74) is 6.25. The van der Waals surface area contributed by atoms with Crippen molar-refractivity contribution in [2.24, 2.45) is 11.7 Å². The van der Waals surface area contributed by atoms with Gasteiger partial charge in [-0.25, -0.2) is 0 Å². The molecule has 2 aromatic heterocycles. The minimum Gasteiger partial charge on any atom is -0.402 e. The Morgan fingerprint density at radius 3 is 2.95 bits per heavy atom. The van der Waals surface area contributed by atoms with Crippen LogP contribution in [0.5, 0.6) is 0 Å². The van der Waals surface area contributed by atoms with E-state index in [1.165, 1.54) is 16.2 Å². The zero-order valence-electron chi connectivity index (χ0n) is 10.7. The van der Waals surface area contributed by atoms with Crippen molar-refractivity contribution in [3.63, 3.8) is 0 Å². The Balaban J connectivity index is 1.86. The molecule has 2 amide bonds. The number of nitrogens with zero attached hydrogens (tertiary/aromatic N) is 3. The number of aryl methyl sites for hydroxylation is 1. The molecule has 0 bridgehead atoms. The second-order valence-corrected chi connectivity index (χ2v) is 5.55. The molecule has 0 aliphatic carbocycles. The second-order valence-electron chi connectivity index (χ2n) is 4.63. The quantitative estimate of drug-likeness (QED) is 0.907. The van der Waals surface area contributed by atoms with Gasteiger partial charge in [0.15, 0.2) is 0 Å². The minimum atomic E-state index is -0.499. The van der Waals surface area contributed by atoms with E-state index in [0.717, 1.165) is 10.4 Å². The highest BCUT2D eigenvalue weighted by Gasteiger charge is 2.36. The maximum Gasteiger partial charge on any atom is 0.325 e. The van der Waals surface area contributed by atoms with Crippen LogP contribution in [0.4, 0.5) is 6.01 Å². The fourth-order valence-electron chi connectivity index (χ4n) is 2.09. The molecule has 0 radical (unpaired) electrons. The summed E-state index contributed by atoms with van der Waals surface area (Å²) in [6.45, 7) is 2.14. The molecule has 0 aromatic carbocycles. The molecular formula is C12H12N4O3S. The molecule has 104 valence electrons. The van der Waals surface area contributed by atoms with Crippen LogP contribution >= 0.6 is 11.3 Å². The zero-order valence-corrected chi connectivity index (χ0v) is 11.5. The fraction of sp³-hybridized carbons (Fsp3) is 0.333. The molecule has 3 rings (SSSR count). The molecule has 1 unspecified atom stereocenters. The van der Waals surface area contributed by atoms with Gasteiger partial charge in [0, 0.05) is 13.0 Å². The number of aromatic nitrogens is 2. The summed E-state index contributed by atoms with van der Waals surface area (Å²) in [6.07, 6.45) is 0.0884. The predicted octanol–water partition coefficient (Wildman–Crippen LogP) is 0.945. The van der Waals surface area contributed by atoms with Crippen LogP contribution in [0.15, 0.2) is 15.9 Å². The Bertz CT molecular complexity index is 678. The first-order valence-corrected chi connectivity index (χ1v) is 6.92. The number of primary amides is 1. The average molecular weight is 292 g/mol. The number of hydrogen-bond acceptors (Lipinski definition) is 6. The molecule has 1 saturated heterocycles. The first-order valence-electron chi connectivity index (χ1n) is 6.04. The van der Waals surface area contributed by atoms with E-state index in [4.69, 9.17) is 10.2 Å². The van der Waals surface area contributed by atoms with Crippen LogP contribution in [0, 0.1) is 12.8 Å². The van der Waals surface area contributed by atoms with Crippen LogP contribution in [0.2, 0.25) is 0 Å².